The third kappa shape index (κ3) is 1.06. The van der Waals surface area contributed by atoms with E-state index in [-0.39, 0.29) is 5.60 Å². The van der Waals surface area contributed by atoms with Crippen molar-refractivity contribution in [1.29, 1.82) is 0 Å². The van der Waals surface area contributed by atoms with E-state index in [0.29, 0.717) is 19.8 Å². The average Bonchev–Trinajstić information content (AvgIpc) is 2.07. The van der Waals surface area contributed by atoms with Gasteiger partial charge in [-0.25, -0.2) is 0 Å². The lowest BCUT2D eigenvalue weighted by Gasteiger charge is -2.49. The molecule has 0 atom stereocenters. The molecule has 2 bridgehead atoms. The monoisotopic (exact) mass is 160 g/mol. The lowest BCUT2D eigenvalue weighted by molar-refractivity contribution is -0.468. The van der Waals surface area contributed by atoms with Gasteiger partial charge in [-0.1, -0.05) is 0 Å². The molecule has 3 aliphatic heterocycles. The molecule has 4 nitrogen and oxygen atoms in total. The highest BCUT2D eigenvalue weighted by Gasteiger charge is 2.50. The van der Waals surface area contributed by atoms with Crippen LogP contribution in [0.4, 0.5) is 0 Å². The van der Waals surface area contributed by atoms with Crippen LogP contribution >= 0.6 is 0 Å². The van der Waals surface area contributed by atoms with Gasteiger partial charge in [0.1, 0.15) is 5.60 Å². The predicted octanol–water partition coefficient (Wildman–Crippen LogP) is 0.122. The second-order valence-corrected chi connectivity index (χ2v) is 3.12. The van der Waals surface area contributed by atoms with Crippen LogP contribution in [0.3, 0.4) is 0 Å². The minimum absolute atomic E-state index is 0.363. The molecular weight excluding hydrogens is 148 g/mol. The summed E-state index contributed by atoms with van der Waals surface area (Å²) in [7, 11) is 1.64. The lowest BCUT2D eigenvalue weighted by Crippen LogP contribution is -2.63. The van der Waals surface area contributed by atoms with Gasteiger partial charge in [0.15, 0.2) is 0 Å². The Morgan fingerprint density at radius 2 is 1.55 bits per heavy atom. The van der Waals surface area contributed by atoms with Crippen LogP contribution in [0.15, 0.2) is 0 Å². The lowest BCUT2D eigenvalue weighted by atomic mass is 10.1. The first-order valence-electron chi connectivity index (χ1n) is 3.65. The van der Waals surface area contributed by atoms with Crippen LogP contribution in [0.25, 0.3) is 0 Å². The van der Waals surface area contributed by atoms with Gasteiger partial charge in [0.2, 0.25) is 0 Å². The first kappa shape index (κ1) is 7.49. The van der Waals surface area contributed by atoms with E-state index < -0.39 is 5.97 Å². The van der Waals surface area contributed by atoms with Crippen LogP contribution in [0.5, 0.6) is 0 Å². The molecule has 0 spiro atoms. The maximum Gasteiger partial charge on any atom is 0.280 e. The third-order valence-electron chi connectivity index (χ3n) is 2.23. The zero-order chi connectivity index (χ0) is 7.95. The van der Waals surface area contributed by atoms with Gasteiger partial charge < -0.3 is 18.9 Å². The molecule has 3 fully saturated rings. The van der Waals surface area contributed by atoms with Crippen LogP contribution < -0.4 is 0 Å². The highest BCUT2D eigenvalue weighted by atomic mass is 16.9. The van der Waals surface area contributed by atoms with Gasteiger partial charge >= 0.3 is 0 Å². The number of ether oxygens (including phenoxy) is 4. The van der Waals surface area contributed by atoms with Crippen molar-refractivity contribution in [3.63, 3.8) is 0 Å². The molecule has 4 heteroatoms. The fourth-order valence-corrected chi connectivity index (χ4v) is 1.21. The van der Waals surface area contributed by atoms with Crippen molar-refractivity contribution in [2.24, 2.45) is 0 Å². The Bertz CT molecular complexity index is 143. The summed E-state index contributed by atoms with van der Waals surface area (Å²) in [6.45, 7) is 3.44. The number of hydrogen-bond acceptors (Lipinski definition) is 4. The van der Waals surface area contributed by atoms with Gasteiger partial charge in [-0.05, 0) is 0 Å². The zero-order valence-electron chi connectivity index (χ0n) is 6.75. The van der Waals surface area contributed by atoms with E-state index in [1.807, 2.05) is 0 Å². The number of fused-ring (bicyclic) bond motifs is 3. The quantitative estimate of drug-likeness (QED) is 0.546. The van der Waals surface area contributed by atoms with Gasteiger partial charge in [-0.15, -0.1) is 0 Å². The molecule has 3 saturated heterocycles. The second kappa shape index (κ2) is 2.17. The number of hydrogen-bond donors (Lipinski definition) is 0. The van der Waals surface area contributed by atoms with Crippen molar-refractivity contribution in [3.05, 3.63) is 0 Å². The summed E-state index contributed by atoms with van der Waals surface area (Å²) < 4.78 is 21.1. The van der Waals surface area contributed by atoms with Crippen molar-refractivity contribution < 1.29 is 18.9 Å². The molecule has 3 heterocycles. The maximum atomic E-state index is 5.29. The van der Waals surface area contributed by atoms with E-state index >= 15 is 0 Å². The number of rotatable bonds is 1. The average molecular weight is 160 g/mol. The highest BCUT2D eigenvalue weighted by molar-refractivity contribution is 4.88. The fourth-order valence-electron chi connectivity index (χ4n) is 1.21. The van der Waals surface area contributed by atoms with Crippen LogP contribution in [-0.2, 0) is 18.9 Å². The van der Waals surface area contributed by atoms with Gasteiger partial charge in [0, 0.05) is 14.0 Å². The molecule has 0 saturated carbocycles. The molecule has 0 amide bonds. The van der Waals surface area contributed by atoms with Crippen molar-refractivity contribution in [2.45, 2.75) is 18.5 Å². The van der Waals surface area contributed by atoms with E-state index in [0.717, 1.165) is 0 Å². The Morgan fingerprint density at radius 3 is 1.91 bits per heavy atom. The SMILES string of the molecule is COC12COC(C)(OC1)OC2. The molecule has 0 unspecified atom stereocenters. The standard InChI is InChI=1S/C7H12O4/c1-6-9-3-7(8-2,4-10-6)5-11-6/h3-5H2,1-2H3. The normalized spacial score (nSPS) is 49.6. The third-order valence-corrected chi connectivity index (χ3v) is 2.23. The minimum atomic E-state index is -0.819. The molecule has 11 heavy (non-hydrogen) atoms. The van der Waals surface area contributed by atoms with E-state index in [9.17, 15) is 0 Å². The van der Waals surface area contributed by atoms with E-state index in [1.165, 1.54) is 0 Å². The van der Waals surface area contributed by atoms with Crippen molar-refractivity contribution >= 4 is 0 Å². The van der Waals surface area contributed by atoms with Gasteiger partial charge in [0.05, 0.1) is 19.8 Å². The van der Waals surface area contributed by atoms with Gasteiger partial charge in [-0.3, -0.25) is 0 Å². The first-order chi connectivity index (χ1) is 5.18. The maximum absolute atomic E-state index is 5.29. The molecule has 0 N–H and O–H groups in total. The van der Waals surface area contributed by atoms with E-state index in [1.54, 1.807) is 14.0 Å². The minimum Gasteiger partial charge on any atom is -0.371 e. The van der Waals surface area contributed by atoms with Crippen LogP contribution in [0.1, 0.15) is 6.92 Å². The molecule has 0 aromatic rings. The summed E-state index contributed by atoms with van der Waals surface area (Å²) in [4.78, 5) is 0. The summed E-state index contributed by atoms with van der Waals surface area (Å²) in [5.41, 5.74) is -0.363. The summed E-state index contributed by atoms with van der Waals surface area (Å²) in [6.07, 6.45) is 0. The predicted molar refractivity (Wildman–Crippen MR) is 36.0 cm³/mol. The van der Waals surface area contributed by atoms with Crippen LogP contribution in [-0.4, -0.2) is 38.5 Å². The first-order valence-corrected chi connectivity index (χ1v) is 3.65. The Kier molecular flexibility index (Phi) is 1.47. The molecule has 0 radical (unpaired) electrons. The van der Waals surface area contributed by atoms with Gasteiger partial charge in [0.25, 0.3) is 5.97 Å². The summed E-state index contributed by atoms with van der Waals surface area (Å²) >= 11 is 0. The Labute approximate surface area is 65.4 Å². The fraction of sp³-hybridized carbons (Fsp3) is 1.00. The van der Waals surface area contributed by atoms with Crippen LogP contribution in [0, 0.1) is 0 Å². The molecule has 64 valence electrons. The summed E-state index contributed by atoms with van der Waals surface area (Å²) in [5, 5.41) is 0. The summed E-state index contributed by atoms with van der Waals surface area (Å²) in [6, 6.07) is 0. The molecular formula is C7H12O4. The van der Waals surface area contributed by atoms with Crippen LogP contribution in [0.2, 0.25) is 0 Å². The van der Waals surface area contributed by atoms with Crippen molar-refractivity contribution in [2.75, 3.05) is 26.9 Å². The Morgan fingerprint density at radius 1 is 1.09 bits per heavy atom. The van der Waals surface area contributed by atoms with E-state index in [4.69, 9.17) is 18.9 Å². The summed E-state index contributed by atoms with van der Waals surface area (Å²) in [5.74, 6) is -0.819. The van der Waals surface area contributed by atoms with Gasteiger partial charge in [-0.2, -0.15) is 0 Å². The second-order valence-electron chi connectivity index (χ2n) is 3.12. The smallest absolute Gasteiger partial charge is 0.280 e. The zero-order valence-corrected chi connectivity index (χ0v) is 6.75. The number of methoxy groups -OCH3 is 1. The highest BCUT2D eigenvalue weighted by Crippen LogP contribution is 2.33. The molecule has 0 aliphatic carbocycles. The largest absolute Gasteiger partial charge is 0.371 e. The molecule has 3 rings (SSSR count). The van der Waals surface area contributed by atoms with Crippen molar-refractivity contribution in [3.8, 4) is 0 Å². The Balaban J connectivity index is 2.12. The Hall–Kier alpha value is -0.160. The van der Waals surface area contributed by atoms with E-state index in [2.05, 4.69) is 0 Å². The topological polar surface area (TPSA) is 36.9 Å². The molecule has 3 aliphatic rings. The van der Waals surface area contributed by atoms with Crippen molar-refractivity contribution in [1.82, 2.24) is 0 Å². The molecule has 0 aromatic carbocycles. The molecule has 0 aromatic heterocycles.